The summed E-state index contributed by atoms with van der Waals surface area (Å²) in [6.45, 7) is 3.96. The molecule has 1 aliphatic carbocycles. The van der Waals surface area contributed by atoms with E-state index in [1.807, 2.05) is 6.07 Å². The Kier molecular flexibility index (Phi) is 4.34. The van der Waals surface area contributed by atoms with Crippen molar-refractivity contribution in [2.75, 3.05) is 12.0 Å². The van der Waals surface area contributed by atoms with E-state index in [9.17, 15) is 10.1 Å². The monoisotopic (exact) mass is 264 g/mol. The zero-order valence-electron chi connectivity index (χ0n) is 11.1. The summed E-state index contributed by atoms with van der Waals surface area (Å²) in [6.07, 6.45) is 3.58. The highest BCUT2D eigenvalue weighted by molar-refractivity contribution is 5.61. The van der Waals surface area contributed by atoms with Gasteiger partial charge in [0, 0.05) is 18.7 Å². The third-order valence-corrected chi connectivity index (χ3v) is 3.37. The van der Waals surface area contributed by atoms with Crippen LogP contribution in [0, 0.1) is 10.1 Å². The first-order valence-electron chi connectivity index (χ1n) is 6.63. The van der Waals surface area contributed by atoms with Crippen LogP contribution in [0.3, 0.4) is 0 Å². The maximum Gasteiger partial charge on any atom is 0.293 e. The topological polar surface area (TPSA) is 84.4 Å². The zero-order valence-corrected chi connectivity index (χ0v) is 11.1. The summed E-state index contributed by atoms with van der Waals surface area (Å²) in [5, 5.41) is 11.0. The Morgan fingerprint density at radius 1 is 1.53 bits per heavy atom. The molecule has 0 unspecified atom stereocenters. The molecule has 104 valence electrons. The Morgan fingerprint density at radius 3 is 2.79 bits per heavy atom. The lowest BCUT2D eigenvalue weighted by atomic mass is 10.1. The van der Waals surface area contributed by atoms with E-state index in [-0.39, 0.29) is 5.69 Å². The molecule has 1 aromatic carbocycles. The van der Waals surface area contributed by atoms with Gasteiger partial charge in [0.1, 0.15) is 5.69 Å². The fourth-order valence-corrected chi connectivity index (χ4v) is 2.30. The van der Waals surface area contributed by atoms with Gasteiger partial charge in [-0.3, -0.25) is 20.9 Å². The van der Waals surface area contributed by atoms with Gasteiger partial charge < -0.3 is 5.43 Å². The first kappa shape index (κ1) is 13.8. The van der Waals surface area contributed by atoms with Crippen molar-refractivity contribution in [1.29, 1.82) is 0 Å². The van der Waals surface area contributed by atoms with Gasteiger partial charge in [-0.15, -0.1) is 0 Å². The van der Waals surface area contributed by atoms with Gasteiger partial charge >= 0.3 is 0 Å². The van der Waals surface area contributed by atoms with E-state index in [1.165, 1.54) is 12.8 Å². The van der Waals surface area contributed by atoms with Crippen LogP contribution in [0.2, 0.25) is 0 Å². The SMILES string of the molecule is CCCN(Cc1ccc(NN)c([N+](=O)[O-])c1)C1CC1. The summed E-state index contributed by atoms with van der Waals surface area (Å²) in [7, 11) is 0. The van der Waals surface area contributed by atoms with Gasteiger partial charge in [-0.05, 0) is 37.4 Å². The highest BCUT2D eigenvalue weighted by Crippen LogP contribution is 2.30. The number of nitro benzene ring substituents is 1. The fourth-order valence-electron chi connectivity index (χ4n) is 2.30. The number of hydrogen-bond donors (Lipinski definition) is 2. The van der Waals surface area contributed by atoms with Gasteiger partial charge in [0.25, 0.3) is 5.69 Å². The minimum Gasteiger partial charge on any atom is -0.318 e. The number of nitrogens with zero attached hydrogens (tertiary/aromatic N) is 2. The first-order chi connectivity index (χ1) is 9.15. The lowest BCUT2D eigenvalue weighted by Gasteiger charge is -2.21. The van der Waals surface area contributed by atoms with E-state index < -0.39 is 4.92 Å². The molecule has 19 heavy (non-hydrogen) atoms. The maximum atomic E-state index is 11.0. The predicted molar refractivity (Wildman–Crippen MR) is 74.6 cm³/mol. The van der Waals surface area contributed by atoms with Crippen LogP contribution in [0.4, 0.5) is 11.4 Å². The second-order valence-corrected chi connectivity index (χ2v) is 4.95. The summed E-state index contributed by atoms with van der Waals surface area (Å²) in [4.78, 5) is 13.0. The normalized spacial score (nSPS) is 14.7. The van der Waals surface area contributed by atoms with Crippen molar-refractivity contribution in [2.45, 2.75) is 38.8 Å². The molecule has 1 aromatic rings. The quantitative estimate of drug-likeness (QED) is 0.448. The van der Waals surface area contributed by atoms with Gasteiger partial charge in [-0.2, -0.15) is 0 Å². The maximum absolute atomic E-state index is 11.0. The van der Waals surface area contributed by atoms with E-state index in [0.717, 1.165) is 25.1 Å². The van der Waals surface area contributed by atoms with Crippen LogP contribution in [0.25, 0.3) is 0 Å². The minimum atomic E-state index is -0.403. The van der Waals surface area contributed by atoms with Crippen LogP contribution >= 0.6 is 0 Å². The molecule has 0 amide bonds. The molecule has 0 heterocycles. The van der Waals surface area contributed by atoms with E-state index in [0.29, 0.717) is 11.7 Å². The van der Waals surface area contributed by atoms with Crippen LogP contribution in [-0.2, 0) is 6.54 Å². The zero-order chi connectivity index (χ0) is 13.8. The van der Waals surface area contributed by atoms with Crippen molar-refractivity contribution in [3.8, 4) is 0 Å². The van der Waals surface area contributed by atoms with Crippen LogP contribution in [0.5, 0.6) is 0 Å². The van der Waals surface area contributed by atoms with Gasteiger partial charge in [-0.25, -0.2) is 0 Å². The van der Waals surface area contributed by atoms with Gasteiger partial charge in [0.05, 0.1) is 4.92 Å². The number of benzene rings is 1. The average Bonchev–Trinajstić information content (AvgIpc) is 3.22. The van der Waals surface area contributed by atoms with Crippen LogP contribution in [0.15, 0.2) is 18.2 Å². The number of hydrazine groups is 1. The van der Waals surface area contributed by atoms with Gasteiger partial charge in [0.2, 0.25) is 0 Å². The second-order valence-electron chi connectivity index (χ2n) is 4.95. The molecule has 0 spiro atoms. The minimum absolute atomic E-state index is 0.0345. The van der Waals surface area contributed by atoms with Crippen LogP contribution in [-0.4, -0.2) is 22.4 Å². The fraction of sp³-hybridized carbons (Fsp3) is 0.538. The van der Waals surface area contributed by atoms with E-state index in [1.54, 1.807) is 12.1 Å². The Hall–Kier alpha value is -1.66. The van der Waals surface area contributed by atoms with Gasteiger partial charge in [0.15, 0.2) is 0 Å². The molecule has 0 bridgehead atoms. The van der Waals surface area contributed by atoms with E-state index in [2.05, 4.69) is 17.2 Å². The largest absolute Gasteiger partial charge is 0.318 e. The summed E-state index contributed by atoms with van der Waals surface area (Å²) in [5.41, 5.74) is 3.71. The van der Waals surface area contributed by atoms with Crippen molar-refractivity contribution in [3.63, 3.8) is 0 Å². The molecule has 2 rings (SSSR count). The average molecular weight is 264 g/mol. The standard InChI is InChI=1S/C13H20N4O2/c1-2-7-16(11-4-5-11)9-10-3-6-12(15-14)13(8-10)17(18)19/h3,6,8,11,15H,2,4-5,7,9,14H2,1H3. The summed E-state index contributed by atoms with van der Waals surface area (Å²) in [6, 6.07) is 5.84. The molecule has 6 nitrogen and oxygen atoms in total. The molecule has 1 aliphatic rings. The molecule has 0 radical (unpaired) electrons. The predicted octanol–water partition coefficient (Wildman–Crippen LogP) is 2.25. The van der Waals surface area contributed by atoms with Crippen molar-refractivity contribution in [2.24, 2.45) is 5.84 Å². The van der Waals surface area contributed by atoms with Crippen LogP contribution < -0.4 is 11.3 Å². The molecule has 0 atom stereocenters. The molecule has 1 saturated carbocycles. The molecule has 3 N–H and O–H groups in total. The summed E-state index contributed by atoms with van der Waals surface area (Å²) >= 11 is 0. The molecule has 0 aliphatic heterocycles. The van der Waals surface area contributed by atoms with E-state index in [4.69, 9.17) is 5.84 Å². The first-order valence-corrected chi connectivity index (χ1v) is 6.63. The third-order valence-electron chi connectivity index (χ3n) is 3.37. The molecular formula is C13H20N4O2. The highest BCUT2D eigenvalue weighted by Gasteiger charge is 2.28. The number of nitrogens with two attached hydrogens (primary N) is 1. The lowest BCUT2D eigenvalue weighted by molar-refractivity contribution is -0.384. The molecule has 6 heteroatoms. The Labute approximate surface area is 112 Å². The third kappa shape index (κ3) is 3.42. The Bertz CT molecular complexity index is 460. The van der Waals surface area contributed by atoms with Crippen molar-refractivity contribution in [3.05, 3.63) is 33.9 Å². The van der Waals surface area contributed by atoms with E-state index >= 15 is 0 Å². The lowest BCUT2D eigenvalue weighted by Crippen LogP contribution is -2.26. The second kappa shape index (κ2) is 5.99. The number of nitrogens with one attached hydrogen (secondary N) is 1. The molecule has 0 aromatic heterocycles. The smallest absolute Gasteiger partial charge is 0.293 e. The van der Waals surface area contributed by atoms with Crippen molar-refractivity contribution < 1.29 is 4.92 Å². The number of rotatable bonds is 7. The number of anilines is 1. The Morgan fingerprint density at radius 2 is 2.26 bits per heavy atom. The number of nitrogen functional groups attached to an aromatic ring is 1. The highest BCUT2D eigenvalue weighted by atomic mass is 16.6. The van der Waals surface area contributed by atoms with Crippen molar-refractivity contribution in [1.82, 2.24) is 4.90 Å². The molecular weight excluding hydrogens is 244 g/mol. The summed E-state index contributed by atoms with van der Waals surface area (Å²) < 4.78 is 0. The molecule has 1 fully saturated rings. The number of nitro groups is 1. The van der Waals surface area contributed by atoms with Crippen molar-refractivity contribution >= 4 is 11.4 Å². The molecule has 0 saturated heterocycles. The summed E-state index contributed by atoms with van der Waals surface area (Å²) in [5.74, 6) is 5.28. The Balaban J connectivity index is 2.15. The van der Waals surface area contributed by atoms with Crippen LogP contribution in [0.1, 0.15) is 31.7 Å². The number of hydrogen-bond acceptors (Lipinski definition) is 5. The van der Waals surface area contributed by atoms with Gasteiger partial charge in [-0.1, -0.05) is 13.0 Å².